The Labute approximate surface area is 158 Å². The molecule has 0 aliphatic rings. The minimum absolute atomic E-state index is 0. The first-order chi connectivity index (χ1) is 10.5. The van der Waals surface area contributed by atoms with Crippen LogP contribution in [0.3, 0.4) is 0 Å². The van der Waals surface area contributed by atoms with E-state index in [4.69, 9.17) is 22.1 Å². The molecule has 0 fully saturated rings. The maximum Gasteiger partial charge on any atom is 0.244 e. The third-order valence-electron chi connectivity index (χ3n) is 3.18. The smallest absolute Gasteiger partial charge is 0.244 e. The van der Waals surface area contributed by atoms with Gasteiger partial charge in [0, 0.05) is 12.3 Å². The van der Waals surface area contributed by atoms with Crippen molar-refractivity contribution in [1.29, 1.82) is 0 Å². The molecule has 0 aliphatic carbocycles. The van der Waals surface area contributed by atoms with Crippen LogP contribution in [-0.2, 0) is 10.3 Å². The van der Waals surface area contributed by atoms with E-state index in [9.17, 15) is 4.79 Å². The molecule has 1 heterocycles. The molecule has 0 bridgehead atoms. The lowest BCUT2D eigenvalue weighted by molar-refractivity contribution is -0.126. The Morgan fingerprint density at radius 2 is 1.92 bits per heavy atom. The summed E-state index contributed by atoms with van der Waals surface area (Å²) in [6.45, 7) is 2.31. The number of hydrogen-bond acceptors (Lipinski definition) is 4. The van der Waals surface area contributed by atoms with Crippen LogP contribution in [0.5, 0.6) is 5.88 Å². The number of nitrogens with two attached hydrogens (primary N) is 1. The van der Waals surface area contributed by atoms with Crippen LogP contribution < -0.4 is 15.8 Å². The molecule has 1 amide bonds. The lowest BCUT2D eigenvalue weighted by atomic mass is 9.92. The van der Waals surface area contributed by atoms with E-state index in [1.54, 1.807) is 19.1 Å². The van der Waals surface area contributed by atoms with Crippen LogP contribution in [0.4, 0.5) is 0 Å². The van der Waals surface area contributed by atoms with Gasteiger partial charge in [-0.2, -0.15) is 0 Å². The molecule has 24 heavy (non-hydrogen) atoms. The summed E-state index contributed by atoms with van der Waals surface area (Å²) in [4.78, 5) is 16.2. The fourth-order valence-corrected chi connectivity index (χ4v) is 1.98. The van der Waals surface area contributed by atoms with Crippen LogP contribution in [0.2, 0.25) is 5.02 Å². The highest BCUT2D eigenvalue weighted by Gasteiger charge is 2.29. The normalized spacial score (nSPS) is 12.1. The summed E-state index contributed by atoms with van der Waals surface area (Å²) in [5.41, 5.74) is 5.79. The largest absolute Gasteiger partial charge is 0.476 e. The maximum absolute atomic E-state index is 12.2. The van der Waals surface area contributed by atoms with Crippen LogP contribution in [-0.4, -0.2) is 24.0 Å². The first-order valence-corrected chi connectivity index (χ1v) is 7.25. The van der Waals surface area contributed by atoms with Gasteiger partial charge >= 0.3 is 0 Å². The Morgan fingerprint density at radius 3 is 2.50 bits per heavy atom. The van der Waals surface area contributed by atoms with Crippen LogP contribution in [0.25, 0.3) is 0 Å². The summed E-state index contributed by atoms with van der Waals surface area (Å²) < 4.78 is 5.40. The summed E-state index contributed by atoms with van der Waals surface area (Å²) in [6.07, 6.45) is 1.50. The molecule has 2 rings (SSSR count). The minimum Gasteiger partial charge on any atom is -0.476 e. The Morgan fingerprint density at radius 1 is 1.25 bits per heavy atom. The van der Waals surface area contributed by atoms with Crippen molar-refractivity contribution in [2.75, 3.05) is 13.2 Å². The molecule has 1 aromatic heterocycles. The van der Waals surface area contributed by atoms with Gasteiger partial charge in [-0.3, -0.25) is 4.79 Å². The molecule has 132 valence electrons. The third-order valence-corrected chi connectivity index (χ3v) is 3.41. The molecule has 0 saturated heterocycles. The van der Waals surface area contributed by atoms with Crippen molar-refractivity contribution in [3.63, 3.8) is 0 Å². The van der Waals surface area contributed by atoms with Crippen molar-refractivity contribution in [3.8, 4) is 5.88 Å². The first-order valence-electron chi connectivity index (χ1n) is 6.87. The monoisotopic (exact) mass is 391 g/mol. The fourth-order valence-electron chi connectivity index (χ4n) is 1.87. The van der Waals surface area contributed by atoms with Crippen LogP contribution in [0, 0.1) is 0 Å². The van der Waals surface area contributed by atoms with Gasteiger partial charge in [-0.15, -0.1) is 24.8 Å². The number of rotatable bonds is 6. The van der Waals surface area contributed by atoms with Crippen molar-refractivity contribution in [1.82, 2.24) is 10.3 Å². The van der Waals surface area contributed by atoms with Crippen molar-refractivity contribution >= 4 is 42.3 Å². The molecule has 0 radical (unpaired) electrons. The maximum atomic E-state index is 12.2. The van der Waals surface area contributed by atoms with Gasteiger partial charge in [-0.25, -0.2) is 4.98 Å². The lowest BCUT2D eigenvalue weighted by Gasteiger charge is -2.24. The molecule has 5 nitrogen and oxygen atoms in total. The predicted molar refractivity (Wildman–Crippen MR) is 100 cm³/mol. The highest BCUT2D eigenvalue weighted by Crippen LogP contribution is 2.17. The third kappa shape index (κ3) is 6.17. The Hall–Kier alpha value is -1.53. The van der Waals surface area contributed by atoms with E-state index in [0.717, 1.165) is 5.56 Å². The van der Waals surface area contributed by atoms with Crippen LogP contribution in [0.1, 0.15) is 12.5 Å². The van der Waals surface area contributed by atoms with Crippen LogP contribution in [0.15, 0.2) is 48.7 Å². The van der Waals surface area contributed by atoms with Gasteiger partial charge in [0.25, 0.3) is 0 Å². The van der Waals surface area contributed by atoms with E-state index >= 15 is 0 Å². The van der Waals surface area contributed by atoms with Gasteiger partial charge in [-0.05, 0) is 18.6 Å². The van der Waals surface area contributed by atoms with E-state index < -0.39 is 5.54 Å². The van der Waals surface area contributed by atoms with Crippen molar-refractivity contribution in [3.05, 3.63) is 59.2 Å². The lowest BCUT2D eigenvalue weighted by Crippen LogP contribution is -2.49. The van der Waals surface area contributed by atoms with Gasteiger partial charge in [0.1, 0.15) is 12.1 Å². The number of ether oxygens (including phenoxy) is 1. The molecule has 0 saturated carbocycles. The van der Waals surface area contributed by atoms with Crippen molar-refractivity contribution in [2.24, 2.45) is 5.73 Å². The van der Waals surface area contributed by atoms with E-state index in [2.05, 4.69) is 10.3 Å². The second-order valence-corrected chi connectivity index (χ2v) is 5.42. The summed E-state index contributed by atoms with van der Waals surface area (Å²) in [5.74, 6) is 0.198. The van der Waals surface area contributed by atoms with E-state index in [1.807, 2.05) is 30.3 Å². The molecule has 1 unspecified atom stereocenters. The number of hydrogen-bond donors (Lipinski definition) is 2. The molecule has 2 aromatic rings. The van der Waals surface area contributed by atoms with Gasteiger partial charge in [0.2, 0.25) is 11.8 Å². The molecule has 0 aliphatic heterocycles. The topological polar surface area (TPSA) is 77.2 Å². The molecule has 0 spiro atoms. The molecule has 1 aromatic carbocycles. The van der Waals surface area contributed by atoms with Gasteiger partial charge in [0.05, 0.1) is 11.6 Å². The number of benzene rings is 1. The van der Waals surface area contributed by atoms with Crippen molar-refractivity contribution in [2.45, 2.75) is 12.5 Å². The number of aromatic nitrogens is 1. The van der Waals surface area contributed by atoms with Crippen LogP contribution >= 0.6 is 36.4 Å². The number of nitrogens with zero attached hydrogens (tertiary/aromatic N) is 1. The highest BCUT2D eigenvalue weighted by molar-refractivity contribution is 6.30. The second kappa shape index (κ2) is 10.4. The highest BCUT2D eigenvalue weighted by atomic mass is 35.5. The van der Waals surface area contributed by atoms with E-state index in [0.29, 0.717) is 24.1 Å². The zero-order valence-electron chi connectivity index (χ0n) is 13.1. The number of pyridine rings is 1. The number of nitrogens with one attached hydrogen (secondary N) is 1. The summed E-state index contributed by atoms with van der Waals surface area (Å²) in [6, 6.07) is 12.6. The van der Waals surface area contributed by atoms with Gasteiger partial charge < -0.3 is 15.8 Å². The molecular formula is C16H20Cl3N3O2. The minimum atomic E-state index is -1.08. The molecule has 8 heteroatoms. The summed E-state index contributed by atoms with van der Waals surface area (Å²) in [5, 5.41) is 3.30. The molecule has 3 N–H and O–H groups in total. The summed E-state index contributed by atoms with van der Waals surface area (Å²) in [7, 11) is 0. The standard InChI is InChI=1S/C16H18ClN3O2.2ClH/c1-16(18,12-5-3-2-4-6-12)15(21)19-9-10-22-14-8-7-13(17)11-20-14;;/h2-8,11H,9-10,18H2,1H3,(H,19,21);2*1H. The fraction of sp³-hybridized carbons (Fsp3) is 0.250. The van der Waals surface area contributed by atoms with Crippen molar-refractivity contribution < 1.29 is 9.53 Å². The SMILES string of the molecule is CC(N)(C(=O)NCCOc1ccc(Cl)cn1)c1ccccc1.Cl.Cl. The van der Waals surface area contributed by atoms with Gasteiger partial charge in [-0.1, -0.05) is 41.9 Å². The Bertz CT molecular complexity index is 622. The Kier molecular flexibility index (Phi) is 9.70. The van der Waals surface area contributed by atoms with E-state index in [1.165, 1.54) is 6.20 Å². The number of carbonyl (C=O) groups is 1. The molecular weight excluding hydrogens is 373 g/mol. The predicted octanol–water partition coefficient (Wildman–Crippen LogP) is 2.95. The average molecular weight is 393 g/mol. The molecule has 1 atom stereocenters. The first kappa shape index (κ1) is 22.5. The Balaban J connectivity index is 0.00000264. The van der Waals surface area contributed by atoms with E-state index in [-0.39, 0.29) is 30.7 Å². The number of halogens is 3. The number of amides is 1. The summed E-state index contributed by atoms with van der Waals surface area (Å²) >= 11 is 5.73. The second-order valence-electron chi connectivity index (χ2n) is 4.99. The zero-order valence-corrected chi connectivity index (χ0v) is 15.5. The zero-order chi connectivity index (χ0) is 16.0. The quantitative estimate of drug-likeness (QED) is 0.741. The average Bonchev–Trinajstić information content (AvgIpc) is 2.54. The van der Waals surface area contributed by atoms with Gasteiger partial charge in [0.15, 0.2) is 0 Å². The number of carbonyl (C=O) groups excluding carboxylic acids is 1.